The Kier molecular flexibility index (Phi) is 6.20. The van der Waals surface area contributed by atoms with Gasteiger partial charge in [0.05, 0.1) is 12.2 Å². The summed E-state index contributed by atoms with van der Waals surface area (Å²) in [7, 11) is 0. The van der Waals surface area contributed by atoms with E-state index in [1.165, 1.54) is 0 Å². The van der Waals surface area contributed by atoms with Crippen LogP contribution in [0, 0.1) is 5.92 Å². The molecule has 0 aromatic carbocycles. The van der Waals surface area contributed by atoms with Gasteiger partial charge in [-0.2, -0.15) is 0 Å². The first-order valence-corrected chi connectivity index (χ1v) is 7.92. The van der Waals surface area contributed by atoms with Crippen molar-refractivity contribution < 1.29 is 14.3 Å². The number of piperazine rings is 1. The highest BCUT2D eigenvalue weighted by Gasteiger charge is 2.41. The second-order valence-electron chi connectivity index (χ2n) is 7.03. The second kappa shape index (κ2) is 7.25. The predicted octanol–water partition coefficient (Wildman–Crippen LogP) is 1.95. The van der Waals surface area contributed by atoms with Gasteiger partial charge in [0.2, 0.25) is 11.8 Å². The van der Waals surface area contributed by atoms with Gasteiger partial charge in [-0.25, -0.2) is 0 Å². The van der Waals surface area contributed by atoms with Gasteiger partial charge in [0.15, 0.2) is 0 Å². The van der Waals surface area contributed by atoms with Crippen molar-refractivity contribution in [3.8, 4) is 0 Å². The molecule has 2 atom stereocenters. The van der Waals surface area contributed by atoms with Crippen LogP contribution in [0.15, 0.2) is 0 Å². The molecule has 0 saturated carbocycles. The fourth-order valence-electron chi connectivity index (χ4n) is 2.64. The highest BCUT2D eigenvalue weighted by Crippen LogP contribution is 2.19. The van der Waals surface area contributed by atoms with Crippen molar-refractivity contribution in [3.63, 3.8) is 0 Å². The van der Waals surface area contributed by atoms with Crippen LogP contribution >= 0.6 is 0 Å². The minimum absolute atomic E-state index is 0.0210. The van der Waals surface area contributed by atoms with Crippen LogP contribution < -0.4 is 5.32 Å². The molecular formula is C16H30N2O3. The van der Waals surface area contributed by atoms with Crippen LogP contribution in [0.25, 0.3) is 0 Å². The molecule has 2 amide bonds. The van der Waals surface area contributed by atoms with Crippen molar-refractivity contribution in [1.82, 2.24) is 10.2 Å². The number of carbonyl (C=O) groups excluding carboxylic acids is 2. The molecule has 1 N–H and O–H groups in total. The summed E-state index contributed by atoms with van der Waals surface area (Å²) in [6.07, 6.45) is 1.56. The van der Waals surface area contributed by atoms with Gasteiger partial charge in [0.25, 0.3) is 0 Å². The van der Waals surface area contributed by atoms with Gasteiger partial charge in [0, 0.05) is 6.54 Å². The maximum absolute atomic E-state index is 12.6. The third-order valence-electron chi connectivity index (χ3n) is 3.58. The Balaban J connectivity index is 2.80. The molecule has 1 fully saturated rings. The average molecular weight is 298 g/mol. The van der Waals surface area contributed by atoms with Gasteiger partial charge in [-0.1, -0.05) is 27.2 Å². The molecule has 21 heavy (non-hydrogen) atoms. The molecule has 0 spiro atoms. The minimum atomic E-state index is -0.394. The Bertz CT molecular complexity index is 374. The third-order valence-corrected chi connectivity index (χ3v) is 3.58. The largest absolute Gasteiger partial charge is 0.374 e. The summed E-state index contributed by atoms with van der Waals surface area (Å²) in [5.41, 5.74) is -0.239. The van der Waals surface area contributed by atoms with E-state index < -0.39 is 6.04 Å². The van der Waals surface area contributed by atoms with Crippen molar-refractivity contribution >= 4 is 11.8 Å². The van der Waals surface area contributed by atoms with E-state index in [0.717, 1.165) is 6.42 Å². The molecule has 0 aromatic rings. The highest BCUT2D eigenvalue weighted by molar-refractivity contribution is 5.97. The van der Waals surface area contributed by atoms with Crippen LogP contribution in [-0.4, -0.2) is 47.6 Å². The first kappa shape index (κ1) is 18.0. The van der Waals surface area contributed by atoms with Crippen molar-refractivity contribution in [2.24, 2.45) is 5.92 Å². The SMILES string of the molecule is CCCC1NC(=O)C(C(C)C)N(CCOC(C)(C)C)C1=O. The number of hydrogen-bond acceptors (Lipinski definition) is 3. The van der Waals surface area contributed by atoms with Crippen LogP contribution in [-0.2, 0) is 14.3 Å². The van der Waals surface area contributed by atoms with E-state index in [1.54, 1.807) is 4.90 Å². The number of nitrogens with zero attached hydrogens (tertiary/aromatic N) is 1. The molecule has 122 valence electrons. The number of carbonyl (C=O) groups is 2. The summed E-state index contributed by atoms with van der Waals surface area (Å²) in [6.45, 7) is 12.8. The van der Waals surface area contributed by atoms with Crippen LogP contribution in [0.2, 0.25) is 0 Å². The number of rotatable bonds is 6. The van der Waals surface area contributed by atoms with Crippen molar-refractivity contribution in [3.05, 3.63) is 0 Å². The van der Waals surface area contributed by atoms with Crippen LogP contribution in [0.5, 0.6) is 0 Å². The van der Waals surface area contributed by atoms with E-state index in [2.05, 4.69) is 5.32 Å². The van der Waals surface area contributed by atoms with Gasteiger partial charge in [0.1, 0.15) is 12.1 Å². The Morgan fingerprint density at radius 3 is 2.38 bits per heavy atom. The first-order chi connectivity index (χ1) is 9.67. The molecule has 2 unspecified atom stereocenters. The molecule has 5 heteroatoms. The maximum Gasteiger partial charge on any atom is 0.245 e. The zero-order valence-electron chi connectivity index (χ0n) is 14.2. The fraction of sp³-hybridized carbons (Fsp3) is 0.875. The fourth-order valence-corrected chi connectivity index (χ4v) is 2.64. The molecular weight excluding hydrogens is 268 g/mol. The van der Waals surface area contributed by atoms with E-state index in [4.69, 9.17) is 4.74 Å². The normalized spacial score (nSPS) is 23.7. The Morgan fingerprint density at radius 2 is 1.90 bits per heavy atom. The lowest BCUT2D eigenvalue weighted by Gasteiger charge is -2.41. The second-order valence-corrected chi connectivity index (χ2v) is 7.03. The Morgan fingerprint density at radius 1 is 1.29 bits per heavy atom. The molecule has 1 rings (SSSR count). The molecule has 0 aliphatic carbocycles. The summed E-state index contributed by atoms with van der Waals surface area (Å²) >= 11 is 0. The summed E-state index contributed by atoms with van der Waals surface area (Å²) < 4.78 is 5.71. The van der Waals surface area contributed by atoms with Crippen molar-refractivity contribution in [2.45, 2.75) is 72.1 Å². The Hall–Kier alpha value is -1.10. The summed E-state index contributed by atoms with van der Waals surface area (Å²) in [5.74, 6) is 0.0673. The number of amides is 2. The van der Waals surface area contributed by atoms with Gasteiger partial charge in [-0.05, 0) is 33.1 Å². The number of nitrogens with one attached hydrogen (secondary N) is 1. The molecule has 1 heterocycles. The lowest BCUT2D eigenvalue weighted by atomic mass is 9.95. The van der Waals surface area contributed by atoms with Crippen molar-refractivity contribution in [2.75, 3.05) is 13.2 Å². The zero-order chi connectivity index (χ0) is 16.2. The van der Waals surface area contributed by atoms with E-state index >= 15 is 0 Å². The highest BCUT2D eigenvalue weighted by atomic mass is 16.5. The minimum Gasteiger partial charge on any atom is -0.374 e. The molecule has 1 aliphatic heterocycles. The van der Waals surface area contributed by atoms with Crippen molar-refractivity contribution in [1.29, 1.82) is 0 Å². The van der Waals surface area contributed by atoms with Gasteiger partial charge in [-0.3, -0.25) is 9.59 Å². The van der Waals surface area contributed by atoms with E-state index in [0.29, 0.717) is 19.6 Å². The third kappa shape index (κ3) is 4.99. The molecule has 0 radical (unpaired) electrons. The zero-order valence-corrected chi connectivity index (χ0v) is 14.2. The monoisotopic (exact) mass is 298 g/mol. The summed E-state index contributed by atoms with van der Waals surface area (Å²) in [6, 6.07) is -0.777. The summed E-state index contributed by atoms with van der Waals surface area (Å²) in [4.78, 5) is 26.6. The van der Waals surface area contributed by atoms with Crippen LogP contribution in [0.1, 0.15) is 54.4 Å². The van der Waals surface area contributed by atoms with E-state index in [1.807, 2.05) is 41.5 Å². The van der Waals surface area contributed by atoms with Gasteiger partial charge >= 0.3 is 0 Å². The number of ether oxygens (including phenoxy) is 1. The molecule has 0 aromatic heterocycles. The van der Waals surface area contributed by atoms with Crippen LogP contribution in [0.3, 0.4) is 0 Å². The average Bonchev–Trinajstić information content (AvgIpc) is 2.33. The quantitative estimate of drug-likeness (QED) is 0.815. The van der Waals surface area contributed by atoms with E-state index in [-0.39, 0.29) is 29.4 Å². The topological polar surface area (TPSA) is 58.6 Å². The lowest BCUT2D eigenvalue weighted by molar-refractivity contribution is -0.153. The smallest absolute Gasteiger partial charge is 0.245 e. The predicted molar refractivity (Wildman–Crippen MR) is 82.9 cm³/mol. The number of hydrogen-bond donors (Lipinski definition) is 1. The molecule has 0 bridgehead atoms. The molecule has 1 saturated heterocycles. The van der Waals surface area contributed by atoms with Crippen LogP contribution in [0.4, 0.5) is 0 Å². The molecule has 5 nitrogen and oxygen atoms in total. The lowest BCUT2D eigenvalue weighted by Crippen LogP contribution is -2.65. The van der Waals surface area contributed by atoms with Gasteiger partial charge in [-0.15, -0.1) is 0 Å². The first-order valence-electron chi connectivity index (χ1n) is 7.92. The molecule has 1 aliphatic rings. The summed E-state index contributed by atoms with van der Waals surface area (Å²) in [5, 5.41) is 2.86. The van der Waals surface area contributed by atoms with Gasteiger partial charge < -0.3 is 15.0 Å². The van der Waals surface area contributed by atoms with E-state index in [9.17, 15) is 9.59 Å². The Labute approximate surface area is 128 Å². The maximum atomic E-state index is 12.6. The standard InChI is InChI=1S/C16H30N2O3/c1-7-8-12-15(20)18(9-10-21-16(4,5)6)13(11(2)3)14(19)17-12/h11-13H,7-10H2,1-6H3,(H,17,19).